The van der Waals surface area contributed by atoms with Gasteiger partial charge in [-0.3, -0.25) is 9.69 Å². The van der Waals surface area contributed by atoms with Crippen LogP contribution < -0.4 is 20.5 Å². The summed E-state index contributed by atoms with van der Waals surface area (Å²) in [5.41, 5.74) is 8.04. The number of hydrogen-bond acceptors (Lipinski definition) is 5. The summed E-state index contributed by atoms with van der Waals surface area (Å²) in [6.07, 6.45) is 0.911. The zero-order valence-corrected chi connectivity index (χ0v) is 18.3. The maximum Gasteiger partial charge on any atom is 0.241 e. The Kier molecular flexibility index (Phi) is 10.3. The van der Waals surface area contributed by atoms with Crippen LogP contribution in [0.2, 0.25) is 0 Å². The Labute approximate surface area is 184 Å². The van der Waals surface area contributed by atoms with Crippen molar-refractivity contribution in [3.63, 3.8) is 0 Å². The van der Waals surface area contributed by atoms with Crippen LogP contribution in [-0.2, 0) is 11.3 Å². The Morgan fingerprint density at radius 2 is 1.76 bits per heavy atom. The van der Waals surface area contributed by atoms with E-state index in [1.165, 1.54) is 0 Å². The third-order valence-electron chi connectivity index (χ3n) is 4.88. The summed E-state index contributed by atoms with van der Waals surface area (Å²) >= 11 is 0. The molecular weight excluding hydrogens is 413 g/mol. The Hall–Kier alpha value is -1.99. The first-order chi connectivity index (χ1) is 13.1. The average molecular weight is 442 g/mol. The molecule has 0 spiro atoms. The van der Waals surface area contributed by atoms with Crippen molar-refractivity contribution >= 4 is 30.7 Å². The van der Waals surface area contributed by atoms with Crippen LogP contribution in [0.15, 0.2) is 48.5 Å². The smallest absolute Gasteiger partial charge is 0.241 e. The normalized spacial score (nSPS) is 16.9. The SMILES string of the molecule is COc1cc(CN2CCC(NC(=O)C(N)c3ccccc3)C2)cc(OC)c1.Cl.Cl. The van der Waals surface area contributed by atoms with Gasteiger partial charge in [0.1, 0.15) is 17.5 Å². The zero-order valence-electron chi connectivity index (χ0n) is 16.7. The summed E-state index contributed by atoms with van der Waals surface area (Å²) in [7, 11) is 3.30. The van der Waals surface area contributed by atoms with Crippen LogP contribution in [0, 0.1) is 0 Å². The molecule has 6 nitrogen and oxygen atoms in total. The molecule has 1 amide bonds. The van der Waals surface area contributed by atoms with Crippen molar-refractivity contribution in [3.05, 3.63) is 59.7 Å². The fourth-order valence-electron chi connectivity index (χ4n) is 3.41. The van der Waals surface area contributed by atoms with Crippen LogP contribution in [0.1, 0.15) is 23.6 Å². The molecule has 2 aromatic rings. The summed E-state index contributed by atoms with van der Waals surface area (Å²) < 4.78 is 10.7. The molecule has 2 atom stereocenters. The third kappa shape index (κ3) is 6.78. The first-order valence-corrected chi connectivity index (χ1v) is 9.14. The van der Waals surface area contributed by atoms with Crippen molar-refractivity contribution in [2.45, 2.75) is 25.0 Å². The second-order valence-corrected chi connectivity index (χ2v) is 6.84. The van der Waals surface area contributed by atoms with Gasteiger partial charge in [0.15, 0.2) is 0 Å². The summed E-state index contributed by atoms with van der Waals surface area (Å²) in [6, 6.07) is 14.8. The van der Waals surface area contributed by atoms with Crippen molar-refractivity contribution in [2.75, 3.05) is 27.3 Å². The highest BCUT2D eigenvalue weighted by Crippen LogP contribution is 2.24. The lowest BCUT2D eigenvalue weighted by Gasteiger charge is -2.19. The minimum absolute atomic E-state index is 0. The molecule has 0 bridgehead atoms. The van der Waals surface area contributed by atoms with Crippen LogP contribution in [0.5, 0.6) is 11.5 Å². The van der Waals surface area contributed by atoms with E-state index in [0.717, 1.165) is 48.7 Å². The summed E-state index contributed by atoms with van der Waals surface area (Å²) in [5, 5.41) is 3.08. The maximum absolute atomic E-state index is 12.4. The fraction of sp³-hybridized carbons (Fsp3) is 0.381. The molecule has 3 N–H and O–H groups in total. The van der Waals surface area contributed by atoms with Gasteiger partial charge < -0.3 is 20.5 Å². The van der Waals surface area contributed by atoms with E-state index in [0.29, 0.717) is 0 Å². The number of amides is 1. The third-order valence-corrected chi connectivity index (χ3v) is 4.88. The van der Waals surface area contributed by atoms with E-state index in [2.05, 4.69) is 10.2 Å². The minimum atomic E-state index is -0.636. The number of carbonyl (C=O) groups excluding carboxylic acids is 1. The molecule has 2 aromatic carbocycles. The van der Waals surface area contributed by atoms with E-state index in [9.17, 15) is 4.79 Å². The Morgan fingerprint density at radius 1 is 1.14 bits per heavy atom. The van der Waals surface area contributed by atoms with Crippen LogP contribution in [-0.4, -0.2) is 44.2 Å². The molecule has 1 heterocycles. The second-order valence-electron chi connectivity index (χ2n) is 6.84. The molecule has 0 saturated carbocycles. The zero-order chi connectivity index (χ0) is 19.2. The van der Waals surface area contributed by atoms with E-state index >= 15 is 0 Å². The number of nitrogens with one attached hydrogen (secondary N) is 1. The number of benzene rings is 2. The molecule has 0 aromatic heterocycles. The van der Waals surface area contributed by atoms with Gasteiger partial charge in [0.2, 0.25) is 5.91 Å². The van der Waals surface area contributed by atoms with Crippen LogP contribution in [0.4, 0.5) is 0 Å². The molecule has 29 heavy (non-hydrogen) atoms. The number of rotatable bonds is 7. The lowest BCUT2D eigenvalue weighted by atomic mass is 10.1. The van der Waals surface area contributed by atoms with Gasteiger partial charge in [0.25, 0.3) is 0 Å². The highest BCUT2D eigenvalue weighted by molar-refractivity contribution is 5.85. The Bertz CT molecular complexity index is 755. The number of ether oxygens (including phenoxy) is 2. The van der Waals surface area contributed by atoms with E-state index < -0.39 is 6.04 Å². The average Bonchev–Trinajstić information content (AvgIpc) is 3.14. The summed E-state index contributed by atoms with van der Waals surface area (Å²) in [4.78, 5) is 14.8. The number of nitrogens with two attached hydrogens (primary N) is 1. The summed E-state index contributed by atoms with van der Waals surface area (Å²) in [6.45, 7) is 2.50. The Balaban J connectivity index is 0.00000210. The number of nitrogens with zero attached hydrogens (tertiary/aromatic N) is 1. The monoisotopic (exact) mass is 441 g/mol. The number of halogens is 2. The van der Waals surface area contributed by atoms with Gasteiger partial charge in [-0.05, 0) is 29.7 Å². The van der Waals surface area contributed by atoms with Gasteiger partial charge >= 0.3 is 0 Å². The first-order valence-electron chi connectivity index (χ1n) is 9.14. The predicted molar refractivity (Wildman–Crippen MR) is 119 cm³/mol. The fourth-order valence-corrected chi connectivity index (χ4v) is 3.41. The van der Waals surface area contributed by atoms with E-state index in [4.69, 9.17) is 15.2 Å². The van der Waals surface area contributed by atoms with Gasteiger partial charge in [-0.25, -0.2) is 0 Å². The molecule has 8 heteroatoms. The highest BCUT2D eigenvalue weighted by Gasteiger charge is 2.26. The van der Waals surface area contributed by atoms with E-state index in [-0.39, 0.29) is 36.8 Å². The standard InChI is InChI=1S/C21H27N3O3.2ClH/c1-26-18-10-15(11-19(12-18)27-2)13-24-9-8-17(14-24)23-21(25)20(22)16-6-4-3-5-7-16;;/h3-7,10-12,17,20H,8-9,13-14,22H2,1-2H3,(H,23,25);2*1H. The molecule has 0 radical (unpaired) electrons. The van der Waals surface area contributed by atoms with Crippen LogP contribution >= 0.6 is 24.8 Å². The lowest BCUT2D eigenvalue weighted by molar-refractivity contribution is -0.123. The topological polar surface area (TPSA) is 76.8 Å². The van der Waals surface area contributed by atoms with Crippen molar-refractivity contribution in [1.29, 1.82) is 0 Å². The predicted octanol–water partition coefficient (Wildman–Crippen LogP) is 2.94. The first kappa shape index (κ1) is 25.0. The molecule has 160 valence electrons. The maximum atomic E-state index is 12.4. The number of carbonyl (C=O) groups is 1. The number of hydrogen-bond donors (Lipinski definition) is 2. The highest BCUT2D eigenvalue weighted by atomic mass is 35.5. The van der Waals surface area contributed by atoms with Gasteiger partial charge in [0.05, 0.1) is 14.2 Å². The van der Waals surface area contributed by atoms with E-state index in [1.807, 2.05) is 48.5 Å². The van der Waals surface area contributed by atoms with Crippen molar-refractivity contribution < 1.29 is 14.3 Å². The van der Waals surface area contributed by atoms with E-state index in [1.54, 1.807) is 14.2 Å². The van der Waals surface area contributed by atoms with Crippen LogP contribution in [0.25, 0.3) is 0 Å². The van der Waals surface area contributed by atoms with Crippen molar-refractivity contribution in [1.82, 2.24) is 10.2 Å². The molecule has 1 fully saturated rings. The van der Waals surface area contributed by atoms with Gasteiger partial charge in [-0.2, -0.15) is 0 Å². The largest absolute Gasteiger partial charge is 0.497 e. The molecule has 1 aliphatic heterocycles. The molecule has 2 unspecified atom stereocenters. The Morgan fingerprint density at radius 3 is 2.34 bits per heavy atom. The van der Waals surface area contributed by atoms with Crippen LogP contribution in [0.3, 0.4) is 0 Å². The van der Waals surface area contributed by atoms with Gasteiger partial charge in [-0.1, -0.05) is 30.3 Å². The van der Waals surface area contributed by atoms with Crippen molar-refractivity contribution in [3.8, 4) is 11.5 Å². The molecule has 3 rings (SSSR count). The minimum Gasteiger partial charge on any atom is -0.497 e. The summed E-state index contributed by atoms with van der Waals surface area (Å²) in [5.74, 6) is 1.43. The quantitative estimate of drug-likeness (QED) is 0.690. The van der Waals surface area contributed by atoms with Gasteiger partial charge in [-0.15, -0.1) is 24.8 Å². The molecular formula is C21H29Cl2N3O3. The second kappa shape index (κ2) is 11.9. The molecule has 1 saturated heterocycles. The molecule has 1 aliphatic rings. The van der Waals surface area contributed by atoms with Crippen molar-refractivity contribution in [2.24, 2.45) is 5.73 Å². The lowest BCUT2D eigenvalue weighted by Crippen LogP contribution is -2.42. The molecule has 0 aliphatic carbocycles. The number of methoxy groups -OCH3 is 2. The number of likely N-dealkylation sites (tertiary alicyclic amines) is 1. The van der Waals surface area contributed by atoms with Gasteiger partial charge in [0, 0.05) is 31.7 Å².